The molecule has 4 heteroatoms. The SMILES string of the molecule is Cn1c(Cl)c(N=C=S)c2ccccc21. The summed E-state index contributed by atoms with van der Waals surface area (Å²) in [4.78, 5) is 3.97. The van der Waals surface area contributed by atoms with Crippen molar-refractivity contribution in [2.75, 3.05) is 0 Å². The van der Waals surface area contributed by atoms with Crippen molar-refractivity contribution in [3.63, 3.8) is 0 Å². The van der Waals surface area contributed by atoms with Crippen LogP contribution in [0.2, 0.25) is 5.15 Å². The van der Waals surface area contributed by atoms with Crippen LogP contribution >= 0.6 is 23.8 Å². The van der Waals surface area contributed by atoms with E-state index in [0.29, 0.717) is 10.8 Å². The van der Waals surface area contributed by atoms with Crippen molar-refractivity contribution in [2.24, 2.45) is 12.0 Å². The van der Waals surface area contributed by atoms with Gasteiger partial charge < -0.3 is 4.57 Å². The van der Waals surface area contributed by atoms with E-state index in [1.165, 1.54) is 0 Å². The predicted octanol–water partition coefficient (Wildman–Crippen LogP) is 3.57. The fourth-order valence-corrected chi connectivity index (χ4v) is 1.82. The molecule has 0 N–H and O–H groups in total. The molecule has 0 amide bonds. The van der Waals surface area contributed by atoms with E-state index >= 15 is 0 Å². The van der Waals surface area contributed by atoms with Crippen molar-refractivity contribution in [3.05, 3.63) is 29.4 Å². The minimum atomic E-state index is 0.587. The lowest BCUT2D eigenvalue weighted by molar-refractivity contribution is 0.970. The smallest absolute Gasteiger partial charge is 0.136 e. The van der Waals surface area contributed by atoms with E-state index < -0.39 is 0 Å². The molecule has 70 valence electrons. The number of thiocarbonyl (C=S) groups is 1. The molecule has 0 saturated heterocycles. The lowest BCUT2D eigenvalue weighted by atomic mass is 10.2. The number of aryl methyl sites for hydroxylation is 1. The average molecular weight is 223 g/mol. The number of hydrogen-bond acceptors (Lipinski definition) is 2. The molecule has 0 spiro atoms. The Morgan fingerprint density at radius 1 is 1.43 bits per heavy atom. The largest absolute Gasteiger partial charge is 0.333 e. The molecule has 0 bridgehead atoms. The van der Waals surface area contributed by atoms with Crippen LogP contribution in [0.4, 0.5) is 5.69 Å². The van der Waals surface area contributed by atoms with Crippen LogP contribution in [0.3, 0.4) is 0 Å². The summed E-state index contributed by atoms with van der Waals surface area (Å²) in [7, 11) is 1.90. The van der Waals surface area contributed by atoms with Crippen molar-refractivity contribution >= 4 is 45.6 Å². The van der Waals surface area contributed by atoms with Gasteiger partial charge in [-0.2, -0.15) is 4.99 Å². The van der Waals surface area contributed by atoms with Crippen LogP contribution in [-0.4, -0.2) is 9.73 Å². The van der Waals surface area contributed by atoms with Crippen LogP contribution < -0.4 is 0 Å². The van der Waals surface area contributed by atoms with Crippen molar-refractivity contribution in [3.8, 4) is 0 Å². The van der Waals surface area contributed by atoms with E-state index in [2.05, 4.69) is 22.4 Å². The Bertz CT molecular complexity index is 538. The van der Waals surface area contributed by atoms with Crippen LogP contribution in [0.5, 0.6) is 0 Å². The first-order valence-electron chi connectivity index (χ1n) is 4.06. The highest BCUT2D eigenvalue weighted by atomic mass is 35.5. The highest BCUT2D eigenvalue weighted by Crippen LogP contribution is 2.35. The zero-order valence-corrected chi connectivity index (χ0v) is 9.06. The molecule has 2 nitrogen and oxygen atoms in total. The molecular weight excluding hydrogens is 216 g/mol. The highest BCUT2D eigenvalue weighted by molar-refractivity contribution is 7.78. The first-order chi connectivity index (χ1) is 6.75. The highest BCUT2D eigenvalue weighted by Gasteiger charge is 2.11. The average Bonchev–Trinajstić information content (AvgIpc) is 2.45. The maximum absolute atomic E-state index is 6.10. The number of rotatable bonds is 1. The fourth-order valence-electron chi connectivity index (χ4n) is 1.49. The topological polar surface area (TPSA) is 17.3 Å². The molecule has 0 radical (unpaired) electrons. The van der Waals surface area contributed by atoms with Gasteiger partial charge in [0.15, 0.2) is 0 Å². The van der Waals surface area contributed by atoms with E-state index in [-0.39, 0.29) is 0 Å². The van der Waals surface area contributed by atoms with E-state index in [9.17, 15) is 0 Å². The zero-order chi connectivity index (χ0) is 10.1. The Hall–Kier alpha value is -1.15. The summed E-state index contributed by atoms with van der Waals surface area (Å²) in [5.41, 5.74) is 1.74. The maximum atomic E-state index is 6.10. The van der Waals surface area contributed by atoms with E-state index in [4.69, 9.17) is 11.6 Å². The van der Waals surface area contributed by atoms with Crippen LogP contribution in [0.25, 0.3) is 10.9 Å². The number of aromatic nitrogens is 1. The molecule has 0 aliphatic heterocycles. The van der Waals surface area contributed by atoms with Crippen molar-refractivity contribution in [1.82, 2.24) is 4.57 Å². The van der Waals surface area contributed by atoms with Gasteiger partial charge in [-0.25, -0.2) is 0 Å². The van der Waals surface area contributed by atoms with Crippen LogP contribution in [-0.2, 0) is 7.05 Å². The number of fused-ring (bicyclic) bond motifs is 1. The molecule has 1 heterocycles. The molecule has 14 heavy (non-hydrogen) atoms. The monoisotopic (exact) mass is 222 g/mol. The van der Waals surface area contributed by atoms with Crippen LogP contribution in [0.15, 0.2) is 29.3 Å². The third kappa shape index (κ3) is 1.26. The number of benzene rings is 1. The maximum Gasteiger partial charge on any atom is 0.136 e. The lowest BCUT2D eigenvalue weighted by Gasteiger charge is -1.94. The molecule has 1 aromatic heterocycles. The predicted molar refractivity (Wildman–Crippen MR) is 62.6 cm³/mol. The number of isothiocyanates is 1. The molecule has 0 aliphatic carbocycles. The first kappa shape index (κ1) is 9.41. The quantitative estimate of drug-likeness (QED) is 0.533. The summed E-state index contributed by atoms with van der Waals surface area (Å²) >= 11 is 10.7. The number of para-hydroxylation sites is 1. The Kier molecular flexibility index (Phi) is 2.38. The van der Waals surface area contributed by atoms with Gasteiger partial charge in [0, 0.05) is 12.4 Å². The first-order valence-corrected chi connectivity index (χ1v) is 4.85. The number of nitrogens with zero attached hydrogens (tertiary/aromatic N) is 2. The Balaban J connectivity index is 2.94. The zero-order valence-electron chi connectivity index (χ0n) is 7.49. The molecule has 0 aliphatic rings. The normalized spacial score (nSPS) is 10.1. The molecule has 0 unspecified atom stereocenters. The van der Waals surface area contributed by atoms with E-state index in [1.807, 2.05) is 35.9 Å². The number of hydrogen-bond donors (Lipinski definition) is 0. The van der Waals surface area contributed by atoms with Gasteiger partial charge >= 0.3 is 0 Å². The summed E-state index contributed by atoms with van der Waals surface area (Å²) in [6, 6.07) is 7.86. The van der Waals surface area contributed by atoms with Gasteiger partial charge in [-0.05, 0) is 18.3 Å². The van der Waals surface area contributed by atoms with Crippen LogP contribution in [0, 0.1) is 0 Å². The molecular formula is C10H7ClN2S. The summed E-state index contributed by atoms with van der Waals surface area (Å²) in [6.07, 6.45) is 0. The standard InChI is InChI=1S/C10H7ClN2S/c1-13-8-5-3-2-4-7(8)9(10(13)11)12-6-14/h2-5H,1H3. The Morgan fingerprint density at radius 3 is 2.86 bits per heavy atom. The van der Waals surface area contributed by atoms with E-state index in [1.54, 1.807) is 0 Å². The molecule has 0 saturated carbocycles. The minimum Gasteiger partial charge on any atom is -0.333 e. The van der Waals surface area contributed by atoms with Gasteiger partial charge in [0.1, 0.15) is 10.8 Å². The Morgan fingerprint density at radius 2 is 2.14 bits per heavy atom. The molecule has 0 atom stereocenters. The van der Waals surface area contributed by atoms with Gasteiger partial charge in [0.25, 0.3) is 0 Å². The Labute approximate surface area is 91.8 Å². The summed E-state index contributed by atoms with van der Waals surface area (Å²) < 4.78 is 1.88. The van der Waals surface area contributed by atoms with Gasteiger partial charge in [-0.1, -0.05) is 29.8 Å². The van der Waals surface area contributed by atoms with Crippen LogP contribution in [0.1, 0.15) is 0 Å². The van der Waals surface area contributed by atoms with Gasteiger partial charge in [-0.3, -0.25) is 0 Å². The molecule has 1 aromatic carbocycles. The number of halogens is 1. The third-order valence-electron chi connectivity index (χ3n) is 2.17. The van der Waals surface area contributed by atoms with Gasteiger partial charge in [0.05, 0.1) is 10.7 Å². The third-order valence-corrected chi connectivity index (χ3v) is 2.69. The number of aliphatic imine (C=N–C) groups is 1. The summed E-state index contributed by atoms with van der Waals surface area (Å²) in [5.74, 6) is 0. The summed E-state index contributed by atoms with van der Waals surface area (Å²) in [6.45, 7) is 0. The van der Waals surface area contributed by atoms with Crippen molar-refractivity contribution in [2.45, 2.75) is 0 Å². The second-order valence-electron chi connectivity index (χ2n) is 2.92. The van der Waals surface area contributed by atoms with Crippen molar-refractivity contribution in [1.29, 1.82) is 0 Å². The molecule has 2 aromatic rings. The van der Waals surface area contributed by atoms with Crippen molar-refractivity contribution < 1.29 is 0 Å². The lowest BCUT2D eigenvalue weighted by Crippen LogP contribution is -1.84. The molecule has 2 rings (SSSR count). The minimum absolute atomic E-state index is 0.587. The van der Waals surface area contributed by atoms with Gasteiger partial charge in [0.2, 0.25) is 0 Å². The van der Waals surface area contributed by atoms with E-state index in [0.717, 1.165) is 10.9 Å². The second kappa shape index (κ2) is 3.54. The second-order valence-corrected chi connectivity index (χ2v) is 3.46. The fraction of sp³-hybridized carbons (Fsp3) is 0.100. The van der Waals surface area contributed by atoms with Gasteiger partial charge in [-0.15, -0.1) is 0 Å². The summed E-state index contributed by atoms with van der Waals surface area (Å²) in [5, 5.41) is 3.93. The molecule has 0 fully saturated rings.